The average Bonchev–Trinajstić information content (AvgIpc) is 2.75. The Morgan fingerprint density at radius 1 is 1.16 bits per heavy atom. The lowest BCUT2D eigenvalue weighted by atomic mass is 9.76. The van der Waals surface area contributed by atoms with E-state index in [9.17, 15) is 22.0 Å². The van der Waals surface area contributed by atoms with Crippen molar-refractivity contribution in [1.82, 2.24) is 5.06 Å². The summed E-state index contributed by atoms with van der Waals surface area (Å²) in [5, 5.41) is 1.49. The van der Waals surface area contributed by atoms with E-state index in [1.165, 1.54) is 38.4 Å². The van der Waals surface area contributed by atoms with Crippen LogP contribution in [0, 0.1) is 17.6 Å². The number of nitrogens with zero attached hydrogens (tertiary/aromatic N) is 1. The van der Waals surface area contributed by atoms with Gasteiger partial charge < -0.3 is 0 Å². The van der Waals surface area contributed by atoms with Gasteiger partial charge in [-0.15, -0.1) is 0 Å². The average molecular weight is 472 g/mol. The van der Waals surface area contributed by atoms with Crippen molar-refractivity contribution in [3.05, 3.63) is 64.7 Å². The first-order chi connectivity index (χ1) is 14.6. The van der Waals surface area contributed by atoms with Gasteiger partial charge in [-0.3, -0.25) is 9.63 Å². The van der Waals surface area contributed by atoms with Crippen LogP contribution in [0.2, 0.25) is 5.02 Å². The van der Waals surface area contributed by atoms with E-state index in [4.69, 9.17) is 16.4 Å². The van der Waals surface area contributed by atoms with Crippen LogP contribution in [-0.4, -0.2) is 33.5 Å². The maximum atomic E-state index is 14.8. The molecule has 168 valence electrons. The van der Waals surface area contributed by atoms with E-state index in [0.717, 1.165) is 23.3 Å². The highest BCUT2D eigenvalue weighted by Gasteiger charge is 2.50. The number of rotatable bonds is 6. The van der Waals surface area contributed by atoms with E-state index in [-0.39, 0.29) is 41.5 Å². The molecule has 0 aliphatic heterocycles. The van der Waals surface area contributed by atoms with Gasteiger partial charge in [-0.05, 0) is 74.1 Å². The van der Waals surface area contributed by atoms with E-state index in [1.807, 2.05) is 0 Å². The monoisotopic (exact) mass is 471 g/mol. The van der Waals surface area contributed by atoms with Crippen molar-refractivity contribution in [2.45, 2.75) is 41.7 Å². The lowest BCUT2D eigenvalue weighted by molar-refractivity contribution is -0.170. The van der Waals surface area contributed by atoms with Crippen molar-refractivity contribution >= 4 is 27.3 Å². The molecular formula is C22H24ClF2NO4S. The predicted octanol–water partition coefficient (Wildman–Crippen LogP) is 4.89. The standard InChI is InChI=1S/C22H24ClF2NO4S/c1-26(30-2)21(27)13-15-9-11-22(12-10-15,19-14-17(24)5-8-20(19)25)31(28,29)18-6-3-16(23)4-7-18/h3-8,14-15H,9-13H2,1-2H3/t15-,22-. The van der Waals surface area contributed by atoms with Crippen LogP contribution >= 0.6 is 11.6 Å². The zero-order chi connectivity index (χ0) is 22.8. The molecule has 3 rings (SSSR count). The highest BCUT2D eigenvalue weighted by atomic mass is 35.5. The summed E-state index contributed by atoms with van der Waals surface area (Å²) in [4.78, 5) is 17.1. The summed E-state index contributed by atoms with van der Waals surface area (Å²) >= 11 is 5.90. The Labute approximate surface area is 185 Å². The minimum Gasteiger partial charge on any atom is -0.275 e. The van der Waals surface area contributed by atoms with Crippen molar-refractivity contribution in [2.75, 3.05) is 14.2 Å². The van der Waals surface area contributed by atoms with Crippen LogP contribution in [0.4, 0.5) is 8.78 Å². The van der Waals surface area contributed by atoms with Gasteiger partial charge in [0.2, 0.25) is 5.91 Å². The van der Waals surface area contributed by atoms with E-state index in [0.29, 0.717) is 17.9 Å². The molecule has 2 aromatic rings. The molecule has 9 heteroatoms. The van der Waals surface area contributed by atoms with E-state index in [2.05, 4.69) is 0 Å². The highest BCUT2D eigenvalue weighted by Crippen LogP contribution is 2.49. The summed E-state index contributed by atoms with van der Waals surface area (Å²) in [5.74, 6) is -1.79. The quantitative estimate of drug-likeness (QED) is 0.563. The van der Waals surface area contributed by atoms with Crippen LogP contribution in [0.25, 0.3) is 0 Å². The zero-order valence-electron chi connectivity index (χ0n) is 17.3. The number of sulfone groups is 1. The molecule has 0 atom stereocenters. The van der Waals surface area contributed by atoms with Gasteiger partial charge in [0.1, 0.15) is 16.4 Å². The smallest absolute Gasteiger partial charge is 0.246 e. The summed E-state index contributed by atoms with van der Waals surface area (Å²) in [6.45, 7) is 0. The van der Waals surface area contributed by atoms with Gasteiger partial charge >= 0.3 is 0 Å². The van der Waals surface area contributed by atoms with Crippen molar-refractivity contribution in [3.8, 4) is 0 Å². The molecular weight excluding hydrogens is 448 g/mol. The molecule has 1 aliphatic carbocycles. The minimum absolute atomic E-state index is 0.00537. The van der Waals surface area contributed by atoms with Crippen molar-refractivity contribution in [1.29, 1.82) is 0 Å². The van der Waals surface area contributed by atoms with Crippen LogP contribution in [0.15, 0.2) is 47.4 Å². The number of amides is 1. The summed E-state index contributed by atoms with van der Waals surface area (Å²) < 4.78 is 54.7. The fourth-order valence-corrected chi connectivity index (χ4v) is 6.48. The summed E-state index contributed by atoms with van der Waals surface area (Å²) in [6.07, 6.45) is 1.05. The number of carbonyl (C=O) groups is 1. The topological polar surface area (TPSA) is 63.7 Å². The third-order valence-electron chi connectivity index (χ3n) is 6.06. The second kappa shape index (κ2) is 9.22. The molecule has 1 amide bonds. The molecule has 0 N–H and O–H groups in total. The molecule has 0 unspecified atom stereocenters. The minimum atomic E-state index is -4.09. The van der Waals surface area contributed by atoms with Gasteiger partial charge in [-0.1, -0.05) is 11.6 Å². The Balaban J connectivity index is 2.01. The molecule has 0 heterocycles. The van der Waals surface area contributed by atoms with E-state index in [1.54, 1.807) is 0 Å². The third kappa shape index (κ3) is 4.61. The second-order valence-electron chi connectivity index (χ2n) is 7.80. The molecule has 0 spiro atoms. The summed E-state index contributed by atoms with van der Waals surface area (Å²) in [7, 11) is -1.20. The number of benzene rings is 2. The molecule has 0 radical (unpaired) electrons. The van der Waals surface area contributed by atoms with Crippen LogP contribution in [0.5, 0.6) is 0 Å². The van der Waals surface area contributed by atoms with Gasteiger partial charge in [-0.25, -0.2) is 22.3 Å². The largest absolute Gasteiger partial charge is 0.275 e. The number of carbonyl (C=O) groups excluding carboxylic acids is 1. The van der Waals surface area contributed by atoms with Crippen molar-refractivity contribution in [3.63, 3.8) is 0 Å². The predicted molar refractivity (Wildman–Crippen MR) is 113 cm³/mol. The zero-order valence-corrected chi connectivity index (χ0v) is 18.8. The SMILES string of the molecule is CON(C)C(=O)C[C@H]1CC[C@](c2cc(F)ccc2F)(S(=O)(=O)c2ccc(Cl)cc2)CC1. The van der Waals surface area contributed by atoms with Gasteiger partial charge in [0.05, 0.1) is 12.0 Å². The fraction of sp³-hybridized carbons (Fsp3) is 0.409. The van der Waals surface area contributed by atoms with Crippen LogP contribution in [-0.2, 0) is 24.2 Å². The number of hydroxylamine groups is 2. The van der Waals surface area contributed by atoms with Crippen LogP contribution in [0.3, 0.4) is 0 Å². The molecule has 1 aliphatic rings. The first-order valence-corrected chi connectivity index (χ1v) is 11.7. The Hall–Kier alpha value is -2.03. The fourth-order valence-electron chi connectivity index (χ4n) is 4.19. The van der Waals surface area contributed by atoms with E-state index < -0.39 is 26.2 Å². The molecule has 1 fully saturated rings. The molecule has 2 aromatic carbocycles. The molecule has 0 saturated heterocycles. The second-order valence-corrected chi connectivity index (χ2v) is 10.5. The molecule has 0 bridgehead atoms. The number of hydrogen-bond donors (Lipinski definition) is 0. The Morgan fingerprint density at radius 3 is 2.35 bits per heavy atom. The third-order valence-corrected chi connectivity index (χ3v) is 8.86. The van der Waals surface area contributed by atoms with E-state index >= 15 is 0 Å². The van der Waals surface area contributed by atoms with Gasteiger partial charge in [0.25, 0.3) is 0 Å². The maximum absolute atomic E-state index is 14.8. The van der Waals surface area contributed by atoms with Crippen molar-refractivity contribution in [2.24, 2.45) is 5.92 Å². The highest BCUT2D eigenvalue weighted by molar-refractivity contribution is 7.92. The van der Waals surface area contributed by atoms with Gasteiger partial charge in [-0.2, -0.15) is 0 Å². The molecule has 5 nitrogen and oxygen atoms in total. The van der Waals surface area contributed by atoms with Gasteiger partial charge in [0.15, 0.2) is 9.84 Å². The van der Waals surface area contributed by atoms with Crippen LogP contribution < -0.4 is 0 Å². The van der Waals surface area contributed by atoms with Crippen molar-refractivity contribution < 1.29 is 26.8 Å². The Bertz CT molecular complexity index is 1050. The Kier molecular flexibility index (Phi) is 7.03. The molecule has 0 aromatic heterocycles. The number of hydrogen-bond acceptors (Lipinski definition) is 4. The summed E-state index contributed by atoms with van der Waals surface area (Å²) in [6, 6.07) is 8.54. The molecule has 31 heavy (non-hydrogen) atoms. The normalized spacial score (nSPS) is 21.6. The Morgan fingerprint density at radius 2 is 1.77 bits per heavy atom. The van der Waals surface area contributed by atoms with Gasteiger partial charge in [0, 0.05) is 24.1 Å². The lowest BCUT2D eigenvalue weighted by Crippen LogP contribution is -2.41. The maximum Gasteiger partial charge on any atom is 0.246 e. The first-order valence-electron chi connectivity index (χ1n) is 9.87. The van der Waals surface area contributed by atoms with Crippen LogP contribution in [0.1, 0.15) is 37.7 Å². The lowest BCUT2D eigenvalue weighted by Gasteiger charge is -2.40. The molecule has 1 saturated carbocycles. The first kappa shape index (κ1) is 23.6. The summed E-state index contributed by atoms with van der Waals surface area (Å²) in [5.41, 5.74) is -0.179. The number of halogens is 3.